The molecule has 0 bridgehead atoms. The van der Waals surface area contributed by atoms with Crippen LogP contribution in [0.25, 0.3) is 0 Å². The van der Waals surface area contributed by atoms with Gasteiger partial charge < -0.3 is 15.0 Å². The average Bonchev–Trinajstić information content (AvgIpc) is 2.95. The van der Waals surface area contributed by atoms with E-state index in [1.54, 1.807) is 0 Å². The maximum absolute atomic E-state index is 12.7. The summed E-state index contributed by atoms with van der Waals surface area (Å²) in [5, 5.41) is 3.07. The van der Waals surface area contributed by atoms with Crippen molar-refractivity contribution >= 4 is 11.8 Å². The number of rotatable bonds is 4. The Bertz CT molecular complexity index is 625. The summed E-state index contributed by atoms with van der Waals surface area (Å²) in [6, 6.07) is 7.60. The molecule has 5 nitrogen and oxygen atoms in total. The smallest absolute Gasteiger partial charge is 0.254 e. The summed E-state index contributed by atoms with van der Waals surface area (Å²) in [5.74, 6) is 0.387. The molecule has 1 saturated heterocycles. The van der Waals surface area contributed by atoms with E-state index in [0.29, 0.717) is 25.2 Å². The van der Waals surface area contributed by atoms with Gasteiger partial charge in [-0.15, -0.1) is 0 Å². The molecule has 1 aromatic carbocycles. The van der Waals surface area contributed by atoms with Crippen molar-refractivity contribution in [2.75, 3.05) is 13.1 Å². The molecule has 2 fully saturated rings. The van der Waals surface area contributed by atoms with Crippen molar-refractivity contribution in [1.82, 2.24) is 10.2 Å². The summed E-state index contributed by atoms with van der Waals surface area (Å²) in [5.41, 5.74) is 1.72. The van der Waals surface area contributed by atoms with Crippen LogP contribution < -0.4 is 5.32 Å². The van der Waals surface area contributed by atoms with Crippen LogP contribution in [0, 0.1) is 5.92 Å². The van der Waals surface area contributed by atoms with Crippen LogP contribution in [0.3, 0.4) is 0 Å². The summed E-state index contributed by atoms with van der Waals surface area (Å²) in [4.78, 5) is 27.0. The van der Waals surface area contributed by atoms with Crippen LogP contribution in [0.15, 0.2) is 24.3 Å². The second-order valence-corrected chi connectivity index (χ2v) is 8.07. The van der Waals surface area contributed by atoms with E-state index in [0.717, 1.165) is 31.2 Å². The SMILES string of the molecule is C[C@@H]1CN(C(=O)c2ccc(CNC(=O)C3CCCCCC3)cc2)C[C@@H](C)O1. The third-order valence-corrected chi connectivity index (χ3v) is 5.60. The van der Waals surface area contributed by atoms with Crippen molar-refractivity contribution < 1.29 is 14.3 Å². The second-order valence-electron chi connectivity index (χ2n) is 8.07. The molecule has 1 aliphatic carbocycles. The molecule has 0 spiro atoms. The van der Waals surface area contributed by atoms with Crippen molar-refractivity contribution in [3.63, 3.8) is 0 Å². The molecule has 1 heterocycles. The summed E-state index contributed by atoms with van der Waals surface area (Å²) < 4.78 is 5.70. The maximum Gasteiger partial charge on any atom is 0.254 e. The largest absolute Gasteiger partial charge is 0.372 e. The number of hydrogen-bond donors (Lipinski definition) is 1. The minimum absolute atomic E-state index is 0.0473. The highest BCUT2D eigenvalue weighted by Crippen LogP contribution is 2.23. The zero-order chi connectivity index (χ0) is 19.2. The lowest BCUT2D eigenvalue weighted by molar-refractivity contribution is -0.125. The molecule has 148 valence electrons. The van der Waals surface area contributed by atoms with Gasteiger partial charge in [0.15, 0.2) is 0 Å². The standard InChI is InChI=1S/C22H32N2O3/c1-16-14-24(15-17(2)27-16)22(26)20-11-9-18(10-12-20)13-23-21(25)19-7-5-3-4-6-8-19/h9-12,16-17,19H,3-8,13-15H2,1-2H3,(H,23,25)/t16-,17-/m1/s1. The van der Waals surface area contributed by atoms with Crippen LogP contribution in [-0.4, -0.2) is 42.0 Å². The molecular weight excluding hydrogens is 340 g/mol. The Morgan fingerprint density at radius 3 is 2.19 bits per heavy atom. The van der Waals surface area contributed by atoms with Crippen LogP contribution in [0.5, 0.6) is 0 Å². The first kappa shape index (κ1) is 19.9. The zero-order valence-corrected chi connectivity index (χ0v) is 16.6. The van der Waals surface area contributed by atoms with Crippen molar-refractivity contribution in [1.29, 1.82) is 0 Å². The van der Waals surface area contributed by atoms with Crippen molar-refractivity contribution in [2.45, 2.75) is 71.1 Å². The lowest BCUT2D eigenvalue weighted by Gasteiger charge is -2.35. The Morgan fingerprint density at radius 1 is 1.00 bits per heavy atom. The summed E-state index contributed by atoms with van der Waals surface area (Å²) >= 11 is 0. The monoisotopic (exact) mass is 372 g/mol. The van der Waals surface area contributed by atoms with Crippen LogP contribution >= 0.6 is 0 Å². The Labute approximate surface area is 162 Å². The predicted octanol–water partition coefficient (Wildman–Crippen LogP) is 3.52. The predicted molar refractivity (Wildman–Crippen MR) is 105 cm³/mol. The number of benzene rings is 1. The molecule has 0 unspecified atom stereocenters. The number of carbonyl (C=O) groups excluding carboxylic acids is 2. The van der Waals surface area contributed by atoms with E-state index in [1.807, 2.05) is 43.0 Å². The minimum atomic E-state index is 0.0473. The third kappa shape index (κ3) is 5.55. The van der Waals surface area contributed by atoms with Gasteiger partial charge in [0.05, 0.1) is 12.2 Å². The molecule has 0 radical (unpaired) electrons. The van der Waals surface area contributed by atoms with Gasteiger partial charge in [-0.1, -0.05) is 37.8 Å². The number of ether oxygens (including phenoxy) is 1. The highest BCUT2D eigenvalue weighted by Gasteiger charge is 2.26. The van der Waals surface area contributed by atoms with Gasteiger partial charge in [0.25, 0.3) is 5.91 Å². The molecule has 27 heavy (non-hydrogen) atoms. The van der Waals surface area contributed by atoms with E-state index in [9.17, 15) is 9.59 Å². The summed E-state index contributed by atoms with van der Waals surface area (Å²) in [7, 11) is 0. The Morgan fingerprint density at radius 2 is 1.59 bits per heavy atom. The third-order valence-electron chi connectivity index (χ3n) is 5.60. The molecule has 1 saturated carbocycles. The van der Waals surface area contributed by atoms with E-state index in [2.05, 4.69) is 5.32 Å². The zero-order valence-electron chi connectivity index (χ0n) is 16.6. The fourth-order valence-electron chi connectivity index (χ4n) is 4.17. The molecule has 2 aliphatic rings. The molecule has 2 atom stereocenters. The molecule has 0 aromatic heterocycles. The second kappa shape index (κ2) is 9.36. The van der Waals surface area contributed by atoms with Crippen molar-refractivity contribution in [2.24, 2.45) is 5.92 Å². The van der Waals surface area contributed by atoms with Crippen molar-refractivity contribution in [3.05, 3.63) is 35.4 Å². The first-order valence-electron chi connectivity index (χ1n) is 10.3. The molecule has 1 aromatic rings. The lowest BCUT2D eigenvalue weighted by atomic mass is 9.99. The van der Waals surface area contributed by atoms with E-state index >= 15 is 0 Å². The highest BCUT2D eigenvalue weighted by atomic mass is 16.5. The van der Waals surface area contributed by atoms with Gasteiger partial charge in [0.1, 0.15) is 0 Å². The molecular formula is C22H32N2O3. The molecule has 1 N–H and O–H groups in total. The van der Waals surface area contributed by atoms with Gasteiger partial charge >= 0.3 is 0 Å². The maximum atomic E-state index is 12.7. The molecule has 2 amide bonds. The Kier molecular flexibility index (Phi) is 6.89. The van der Waals surface area contributed by atoms with Crippen LogP contribution in [-0.2, 0) is 16.1 Å². The van der Waals surface area contributed by atoms with Crippen LogP contribution in [0.4, 0.5) is 0 Å². The van der Waals surface area contributed by atoms with Gasteiger partial charge in [0.2, 0.25) is 5.91 Å². The fraction of sp³-hybridized carbons (Fsp3) is 0.636. The van der Waals surface area contributed by atoms with E-state index in [4.69, 9.17) is 4.74 Å². The lowest BCUT2D eigenvalue weighted by Crippen LogP contribution is -2.48. The van der Waals surface area contributed by atoms with Gasteiger partial charge in [-0.05, 0) is 44.4 Å². The molecule has 3 rings (SSSR count). The first-order chi connectivity index (χ1) is 13.0. The van der Waals surface area contributed by atoms with Crippen LogP contribution in [0.1, 0.15) is 68.3 Å². The summed E-state index contributed by atoms with van der Waals surface area (Å²) in [6.45, 7) is 5.77. The van der Waals surface area contributed by atoms with Crippen molar-refractivity contribution in [3.8, 4) is 0 Å². The summed E-state index contributed by atoms with van der Waals surface area (Å²) in [6.07, 6.45) is 6.97. The van der Waals surface area contributed by atoms with E-state index < -0.39 is 0 Å². The average molecular weight is 373 g/mol. The number of nitrogens with zero attached hydrogens (tertiary/aromatic N) is 1. The topological polar surface area (TPSA) is 58.6 Å². The van der Waals surface area contributed by atoms with E-state index in [-0.39, 0.29) is 29.9 Å². The Hall–Kier alpha value is -1.88. The highest BCUT2D eigenvalue weighted by molar-refractivity contribution is 5.94. The number of carbonyl (C=O) groups is 2. The number of hydrogen-bond acceptors (Lipinski definition) is 3. The van der Waals surface area contributed by atoms with E-state index in [1.165, 1.54) is 12.8 Å². The molecule has 5 heteroatoms. The quantitative estimate of drug-likeness (QED) is 0.823. The first-order valence-corrected chi connectivity index (χ1v) is 10.3. The molecule has 1 aliphatic heterocycles. The van der Waals surface area contributed by atoms with Gasteiger partial charge in [0, 0.05) is 31.1 Å². The number of amides is 2. The van der Waals surface area contributed by atoms with Gasteiger partial charge in [-0.25, -0.2) is 0 Å². The normalized spacial score (nSPS) is 24.3. The Balaban J connectivity index is 1.52. The number of morpholine rings is 1. The van der Waals surface area contributed by atoms with Gasteiger partial charge in [-0.3, -0.25) is 9.59 Å². The number of nitrogens with one attached hydrogen (secondary N) is 1. The fourth-order valence-corrected chi connectivity index (χ4v) is 4.17. The minimum Gasteiger partial charge on any atom is -0.372 e. The van der Waals surface area contributed by atoms with Crippen LogP contribution in [0.2, 0.25) is 0 Å². The van der Waals surface area contributed by atoms with Gasteiger partial charge in [-0.2, -0.15) is 0 Å².